The van der Waals surface area contributed by atoms with E-state index in [2.05, 4.69) is 15.4 Å². The summed E-state index contributed by atoms with van der Waals surface area (Å²) in [7, 11) is -3.20. The summed E-state index contributed by atoms with van der Waals surface area (Å²) < 4.78 is 24.6. The molecule has 6 nitrogen and oxygen atoms in total. The number of piperidine rings is 1. The fourth-order valence-corrected chi connectivity index (χ4v) is 4.17. The number of rotatable bonds is 6. The molecule has 25 heavy (non-hydrogen) atoms. The standard InChI is InChI=1S/C17H25N3O3S.ClH/c1-24(22,23)18-11-12-2-4-14(5-3-12)20-17(21)10-13-8-15-6-7-16(9-13)19-15;/h2-5,13,15-16,18-19H,6-11H2,1H3,(H,20,21);1H. The van der Waals surface area contributed by atoms with E-state index in [4.69, 9.17) is 0 Å². The molecule has 3 N–H and O–H groups in total. The number of nitrogens with one attached hydrogen (secondary N) is 3. The average Bonchev–Trinajstić information content (AvgIpc) is 2.84. The Kier molecular flexibility index (Phi) is 6.85. The van der Waals surface area contributed by atoms with Crippen molar-refractivity contribution in [2.24, 2.45) is 5.92 Å². The second-order valence-electron chi connectivity index (χ2n) is 7.02. The fraction of sp³-hybridized carbons (Fsp3) is 0.588. The van der Waals surface area contributed by atoms with Gasteiger partial charge in [0, 0.05) is 30.7 Å². The molecule has 2 heterocycles. The summed E-state index contributed by atoms with van der Waals surface area (Å²) in [5.41, 5.74) is 1.60. The Labute approximate surface area is 155 Å². The third-order valence-electron chi connectivity index (χ3n) is 4.82. The lowest BCUT2D eigenvalue weighted by atomic mass is 9.89. The molecule has 1 amide bonds. The molecule has 3 rings (SSSR count). The zero-order chi connectivity index (χ0) is 17.2. The molecule has 0 saturated carbocycles. The van der Waals surface area contributed by atoms with E-state index in [1.807, 2.05) is 24.3 Å². The molecule has 2 atom stereocenters. The van der Waals surface area contributed by atoms with Gasteiger partial charge in [-0.2, -0.15) is 0 Å². The maximum Gasteiger partial charge on any atom is 0.224 e. The van der Waals surface area contributed by atoms with E-state index in [9.17, 15) is 13.2 Å². The van der Waals surface area contributed by atoms with Gasteiger partial charge in [0.25, 0.3) is 0 Å². The minimum absolute atomic E-state index is 0. The van der Waals surface area contributed by atoms with Gasteiger partial charge in [0.05, 0.1) is 6.26 Å². The van der Waals surface area contributed by atoms with E-state index in [1.165, 1.54) is 12.8 Å². The van der Waals surface area contributed by atoms with Gasteiger partial charge in [-0.05, 0) is 49.3 Å². The first-order valence-corrected chi connectivity index (χ1v) is 10.4. The number of hydrogen-bond acceptors (Lipinski definition) is 4. The molecular weight excluding hydrogens is 362 g/mol. The topological polar surface area (TPSA) is 87.3 Å². The number of hydrogen-bond donors (Lipinski definition) is 3. The maximum absolute atomic E-state index is 12.2. The molecule has 8 heteroatoms. The Morgan fingerprint density at radius 2 is 1.76 bits per heavy atom. The Bertz CT molecular complexity index is 682. The van der Waals surface area contributed by atoms with Gasteiger partial charge in [0.15, 0.2) is 0 Å². The molecule has 0 aliphatic carbocycles. The summed E-state index contributed by atoms with van der Waals surface area (Å²) in [6.45, 7) is 0.255. The lowest BCUT2D eigenvalue weighted by Gasteiger charge is -2.28. The van der Waals surface area contributed by atoms with Crippen molar-refractivity contribution in [3.05, 3.63) is 29.8 Å². The molecule has 0 spiro atoms. The normalized spacial score (nSPS) is 25.2. The number of sulfonamides is 1. The molecule has 1 aromatic carbocycles. The van der Waals surface area contributed by atoms with Crippen molar-refractivity contribution in [3.63, 3.8) is 0 Å². The first-order chi connectivity index (χ1) is 11.4. The highest BCUT2D eigenvalue weighted by Gasteiger charge is 2.34. The van der Waals surface area contributed by atoms with Crippen LogP contribution in [0.15, 0.2) is 24.3 Å². The largest absolute Gasteiger partial charge is 0.326 e. The Balaban J connectivity index is 0.00000225. The number of halogens is 1. The first-order valence-electron chi connectivity index (χ1n) is 8.47. The van der Waals surface area contributed by atoms with Crippen molar-refractivity contribution in [3.8, 4) is 0 Å². The van der Waals surface area contributed by atoms with Gasteiger partial charge in [-0.3, -0.25) is 4.79 Å². The van der Waals surface area contributed by atoms with Crippen LogP contribution in [-0.4, -0.2) is 32.7 Å². The molecule has 2 bridgehead atoms. The van der Waals surface area contributed by atoms with Crippen molar-refractivity contribution >= 4 is 34.0 Å². The average molecular weight is 388 g/mol. The van der Waals surface area contributed by atoms with Crippen LogP contribution in [0.4, 0.5) is 5.69 Å². The van der Waals surface area contributed by atoms with Crippen molar-refractivity contribution in [1.29, 1.82) is 0 Å². The zero-order valence-electron chi connectivity index (χ0n) is 14.3. The summed E-state index contributed by atoms with van der Waals surface area (Å²) >= 11 is 0. The van der Waals surface area contributed by atoms with E-state index in [1.54, 1.807) is 0 Å². The van der Waals surface area contributed by atoms with E-state index in [0.717, 1.165) is 30.3 Å². The summed E-state index contributed by atoms with van der Waals surface area (Å²) in [6, 6.07) is 8.45. The highest BCUT2D eigenvalue weighted by molar-refractivity contribution is 7.88. The fourth-order valence-electron chi connectivity index (χ4n) is 3.74. The van der Waals surface area contributed by atoms with Crippen molar-refractivity contribution < 1.29 is 13.2 Å². The summed E-state index contributed by atoms with van der Waals surface area (Å²) in [5.74, 6) is 0.533. The quantitative estimate of drug-likeness (QED) is 0.696. The molecule has 0 aromatic heterocycles. The zero-order valence-corrected chi connectivity index (χ0v) is 16.0. The van der Waals surface area contributed by atoms with Crippen LogP contribution in [0.5, 0.6) is 0 Å². The molecule has 2 fully saturated rings. The van der Waals surface area contributed by atoms with E-state index in [-0.39, 0.29) is 24.9 Å². The number of carbonyl (C=O) groups excluding carboxylic acids is 1. The third kappa shape index (κ3) is 6.26. The monoisotopic (exact) mass is 387 g/mol. The van der Waals surface area contributed by atoms with E-state index < -0.39 is 10.0 Å². The van der Waals surface area contributed by atoms with Gasteiger partial charge in [0.2, 0.25) is 15.9 Å². The second kappa shape index (κ2) is 8.49. The summed E-state index contributed by atoms with van der Waals surface area (Å²) in [4.78, 5) is 12.2. The van der Waals surface area contributed by atoms with Gasteiger partial charge in [-0.25, -0.2) is 13.1 Å². The van der Waals surface area contributed by atoms with Gasteiger partial charge < -0.3 is 10.6 Å². The molecule has 2 unspecified atom stereocenters. The summed E-state index contributed by atoms with van der Waals surface area (Å²) in [5, 5.41) is 6.53. The van der Waals surface area contributed by atoms with Gasteiger partial charge >= 0.3 is 0 Å². The molecule has 1 aromatic rings. The van der Waals surface area contributed by atoms with Gasteiger partial charge in [0.1, 0.15) is 0 Å². The van der Waals surface area contributed by atoms with E-state index >= 15 is 0 Å². The smallest absolute Gasteiger partial charge is 0.224 e. The van der Waals surface area contributed by atoms with Crippen LogP contribution >= 0.6 is 12.4 Å². The van der Waals surface area contributed by atoms with Crippen LogP contribution in [0.25, 0.3) is 0 Å². The Hall–Kier alpha value is -1.15. The van der Waals surface area contributed by atoms with E-state index in [0.29, 0.717) is 24.4 Å². The van der Waals surface area contributed by atoms with Crippen LogP contribution in [0.1, 0.15) is 37.7 Å². The number of carbonyl (C=O) groups is 1. The van der Waals surface area contributed by atoms with Crippen molar-refractivity contribution in [2.75, 3.05) is 11.6 Å². The van der Waals surface area contributed by atoms with Crippen LogP contribution < -0.4 is 15.4 Å². The number of benzene rings is 1. The molecule has 2 aliphatic rings. The van der Waals surface area contributed by atoms with Crippen LogP contribution in [0, 0.1) is 5.92 Å². The van der Waals surface area contributed by atoms with Crippen LogP contribution in [-0.2, 0) is 21.4 Å². The number of amides is 1. The minimum Gasteiger partial charge on any atom is -0.326 e. The first kappa shape index (κ1) is 20.2. The van der Waals surface area contributed by atoms with Gasteiger partial charge in [-0.15, -0.1) is 12.4 Å². The highest BCUT2D eigenvalue weighted by Crippen LogP contribution is 2.32. The predicted octanol–water partition coefficient (Wildman–Crippen LogP) is 2.02. The second-order valence-corrected chi connectivity index (χ2v) is 8.85. The number of anilines is 1. The van der Waals surface area contributed by atoms with Crippen LogP contribution in [0.3, 0.4) is 0 Å². The highest BCUT2D eigenvalue weighted by atomic mass is 35.5. The van der Waals surface area contributed by atoms with Crippen molar-refractivity contribution in [2.45, 2.75) is 50.7 Å². The SMILES string of the molecule is CS(=O)(=O)NCc1ccc(NC(=O)CC2CC3CCC(C2)N3)cc1.Cl. The molecule has 2 saturated heterocycles. The van der Waals surface area contributed by atoms with Gasteiger partial charge in [-0.1, -0.05) is 12.1 Å². The predicted molar refractivity (Wildman–Crippen MR) is 101 cm³/mol. The summed E-state index contributed by atoms with van der Waals surface area (Å²) in [6.07, 6.45) is 6.39. The molecule has 0 radical (unpaired) electrons. The Morgan fingerprint density at radius 3 is 2.32 bits per heavy atom. The molecule has 2 aliphatic heterocycles. The third-order valence-corrected chi connectivity index (χ3v) is 5.49. The number of fused-ring (bicyclic) bond motifs is 2. The molecular formula is C17H26ClN3O3S. The molecule has 140 valence electrons. The van der Waals surface area contributed by atoms with Crippen molar-refractivity contribution in [1.82, 2.24) is 10.0 Å². The minimum atomic E-state index is -3.20. The Morgan fingerprint density at radius 1 is 1.16 bits per heavy atom. The van der Waals surface area contributed by atoms with Crippen LogP contribution in [0.2, 0.25) is 0 Å². The lowest BCUT2D eigenvalue weighted by molar-refractivity contribution is -0.117. The maximum atomic E-state index is 12.2. The lowest BCUT2D eigenvalue weighted by Crippen LogP contribution is -2.39.